The van der Waals surface area contributed by atoms with E-state index in [1.54, 1.807) is 0 Å². The van der Waals surface area contributed by atoms with Crippen LogP contribution in [0.15, 0.2) is 24.3 Å². The van der Waals surface area contributed by atoms with Crippen molar-refractivity contribution < 1.29 is 22.7 Å². The maximum Gasteiger partial charge on any atom is 0.416 e. The molecule has 0 heterocycles. The molecule has 0 radical (unpaired) electrons. The molecule has 2 atom stereocenters. The molecule has 24 heavy (non-hydrogen) atoms. The molecule has 2 saturated carbocycles. The molecule has 0 saturated heterocycles. The third-order valence-electron chi connectivity index (χ3n) is 4.61. The maximum absolute atomic E-state index is 12.5. The Morgan fingerprint density at radius 2 is 1.92 bits per heavy atom. The number of carbonyl (C=O) groups excluding carboxylic acids is 1. The number of carbonyl (C=O) groups is 1. The van der Waals surface area contributed by atoms with Crippen molar-refractivity contribution in [1.82, 2.24) is 5.32 Å². The van der Waals surface area contributed by atoms with Gasteiger partial charge in [0, 0.05) is 25.7 Å². The van der Waals surface area contributed by atoms with Gasteiger partial charge in [0.2, 0.25) is 5.91 Å². The van der Waals surface area contributed by atoms with Crippen molar-refractivity contribution in [3.8, 4) is 0 Å². The Bertz CT molecular complexity index is 567. The number of nitrogens with one attached hydrogen (secondary N) is 1. The lowest BCUT2D eigenvalue weighted by Gasteiger charge is -2.08. The van der Waals surface area contributed by atoms with Crippen molar-refractivity contribution in [2.45, 2.75) is 37.8 Å². The van der Waals surface area contributed by atoms with Crippen LogP contribution < -0.4 is 5.32 Å². The second-order valence-electron chi connectivity index (χ2n) is 6.73. The molecule has 2 aliphatic carbocycles. The van der Waals surface area contributed by atoms with Crippen LogP contribution in [0.5, 0.6) is 0 Å². The number of hydrogen-bond donors (Lipinski definition) is 1. The standard InChI is InChI=1S/C18H22F3NO2/c19-18(20,21)14-6-4-13(5-7-14)15-10-16(15)17(23)22-8-1-9-24-11-12-2-3-12/h4-7,12,15-16H,1-3,8-11H2,(H,22,23). The van der Waals surface area contributed by atoms with E-state index in [9.17, 15) is 18.0 Å². The van der Waals surface area contributed by atoms with E-state index >= 15 is 0 Å². The third-order valence-corrected chi connectivity index (χ3v) is 4.61. The van der Waals surface area contributed by atoms with Gasteiger partial charge in [0.15, 0.2) is 0 Å². The van der Waals surface area contributed by atoms with E-state index in [1.807, 2.05) is 0 Å². The summed E-state index contributed by atoms with van der Waals surface area (Å²) in [5.41, 5.74) is 0.148. The first-order valence-corrected chi connectivity index (χ1v) is 8.48. The van der Waals surface area contributed by atoms with Crippen LogP contribution in [0.2, 0.25) is 0 Å². The molecule has 0 spiro atoms. The minimum Gasteiger partial charge on any atom is -0.381 e. The molecule has 2 unspecified atom stereocenters. The maximum atomic E-state index is 12.5. The summed E-state index contributed by atoms with van der Waals surface area (Å²) >= 11 is 0. The molecule has 6 heteroatoms. The van der Waals surface area contributed by atoms with Crippen LogP contribution in [0.3, 0.4) is 0 Å². The van der Waals surface area contributed by atoms with Crippen LogP contribution in [-0.4, -0.2) is 25.7 Å². The van der Waals surface area contributed by atoms with Gasteiger partial charge in [-0.25, -0.2) is 0 Å². The number of hydrogen-bond acceptors (Lipinski definition) is 2. The molecule has 0 bridgehead atoms. The predicted molar refractivity (Wildman–Crippen MR) is 83.5 cm³/mol. The number of ether oxygens (including phenoxy) is 1. The highest BCUT2D eigenvalue weighted by Gasteiger charge is 2.44. The minimum atomic E-state index is -4.32. The molecule has 1 amide bonds. The van der Waals surface area contributed by atoms with Gasteiger partial charge in [0.1, 0.15) is 0 Å². The summed E-state index contributed by atoms with van der Waals surface area (Å²) in [6.45, 7) is 2.07. The van der Waals surface area contributed by atoms with Gasteiger partial charge < -0.3 is 10.1 Å². The second-order valence-corrected chi connectivity index (χ2v) is 6.73. The van der Waals surface area contributed by atoms with Crippen LogP contribution >= 0.6 is 0 Å². The highest BCUT2D eigenvalue weighted by molar-refractivity contribution is 5.82. The zero-order valence-corrected chi connectivity index (χ0v) is 13.4. The molecular formula is C18H22F3NO2. The van der Waals surface area contributed by atoms with Gasteiger partial charge >= 0.3 is 6.18 Å². The fourth-order valence-corrected chi connectivity index (χ4v) is 2.82. The van der Waals surface area contributed by atoms with Crippen LogP contribution in [0.25, 0.3) is 0 Å². The Kier molecular flexibility index (Phi) is 5.13. The van der Waals surface area contributed by atoms with Crippen molar-refractivity contribution in [2.24, 2.45) is 11.8 Å². The first kappa shape index (κ1) is 17.3. The van der Waals surface area contributed by atoms with Crippen molar-refractivity contribution in [3.63, 3.8) is 0 Å². The monoisotopic (exact) mass is 341 g/mol. The van der Waals surface area contributed by atoms with E-state index in [0.717, 1.165) is 36.6 Å². The Morgan fingerprint density at radius 3 is 2.54 bits per heavy atom. The first-order valence-electron chi connectivity index (χ1n) is 8.48. The van der Waals surface area contributed by atoms with Gasteiger partial charge in [-0.05, 0) is 55.2 Å². The predicted octanol–water partition coefficient (Wildman–Crippen LogP) is 3.74. The summed E-state index contributed by atoms with van der Waals surface area (Å²) in [5, 5.41) is 2.88. The third kappa shape index (κ3) is 4.72. The quantitative estimate of drug-likeness (QED) is 0.732. The summed E-state index contributed by atoms with van der Waals surface area (Å²) in [7, 11) is 0. The van der Waals surface area contributed by atoms with E-state index in [4.69, 9.17) is 4.74 Å². The van der Waals surface area contributed by atoms with Crippen LogP contribution in [0.4, 0.5) is 13.2 Å². The zero-order chi connectivity index (χ0) is 17.2. The van der Waals surface area contributed by atoms with Gasteiger partial charge in [-0.2, -0.15) is 13.2 Å². The topological polar surface area (TPSA) is 38.3 Å². The summed E-state index contributed by atoms with van der Waals surface area (Å²) < 4.78 is 43.1. The van der Waals surface area contributed by atoms with E-state index in [0.29, 0.717) is 19.6 Å². The van der Waals surface area contributed by atoms with Crippen molar-refractivity contribution >= 4 is 5.91 Å². The lowest BCUT2D eigenvalue weighted by molar-refractivity contribution is -0.137. The number of benzene rings is 1. The summed E-state index contributed by atoms with van der Waals surface area (Å²) in [5.74, 6) is 0.658. The highest BCUT2D eigenvalue weighted by atomic mass is 19.4. The lowest BCUT2D eigenvalue weighted by atomic mass is 10.1. The molecule has 0 aromatic heterocycles. The fourth-order valence-electron chi connectivity index (χ4n) is 2.82. The molecule has 0 aliphatic heterocycles. The molecule has 1 aromatic carbocycles. The Labute approximate surface area is 139 Å². The smallest absolute Gasteiger partial charge is 0.381 e. The van der Waals surface area contributed by atoms with Crippen molar-refractivity contribution in [2.75, 3.05) is 19.8 Å². The SMILES string of the molecule is O=C(NCCCOCC1CC1)C1CC1c1ccc(C(F)(F)F)cc1. The van der Waals surface area contributed by atoms with Gasteiger partial charge in [-0.1, -0.05) is 12.1 Å². The minimum absolute atomic E-state index is 0.0120. The Balaban J connectivity index is 1.35. The number of halogens is 3. The van der Waals surface area contributed by atoms with Crippen molar-refractivity contribution in [3.05, 3.63) is 35.4 Å². The molecular weight excluding hydrogens is 319 g/mol. The Hall–Kier alpha value is -1.56. The average Bonchev–Trinajstić information content (AvgIpc) is 3.44. The van der Waals surface area contributed by atoms with Gasteiger partial charge in [0.05, 0.1) is 5.56 Å². The molecule has 132 valence electrons. The highest BCUT2D eigenvalue weighted by Crippen LogP contribution is 2.47. The lowest BCUT2D eigenvalue weighted by Crippen LogP contribution is -2.27. The zero-order valence-electron chi connectivity index (χ0n) is 13.4. The van der Waals surface area contributed by atoms with E-state index in [-0.39, 0.29) is 17.7 Å². The molecule has 3 rings (SSSR count). The Morgan fingerprint density at radius 1 is 1.21 bits per heavy atom. The second kappa shape index (κ2) is 7.13. The number of rotatable bonds is 8. The summed E-state index contributed by atoms with van der Waals surface area (Å²) in [6.07, 6.45) is -0.292. The van der Waals surface area contributed by atoms with Crippen LogP contribution in [0.1, 0.15) is 42.7 Å². The van der Waals surface area contributed by atoms with Gasteiger partial charge in [-0.15, -0.1) is 0 Å². The van der Waals surface area contributed by atoms with Crippen molar-refractivity contribution in [1.29, 1.82) is 0 Å². The van der Waals surface area contributed by atoms with Gasteiger partial charge in [0.25, 0.3) is 0 Å². The van der Waals surface area contributed by atoms with Crippen LogP contribution in [-0.2, 0) is 15.7 Å². The average molecular weight is 341 g/mol. The molecule has 2 aliphatic rings. The normalized spacial score (nSPS) is 23.1. The molecule has 1 aromatic rings. The van der Waals surface area contributed by atoms with Crippen LogP contribution in [0, 0.1) is 11.8 Å². The van der Waals surface area contributed by atoms with E-state index < -0.39 is 11.7 Å². The van der Waals surface area contributed by atoms with Gasteiger partial charge in [-0.3, -0.25) is 4.79 Å². The first-order chi connectivity index (χ1) is 11.4. The van der Waals surface area contributed by atoms with E-state index in [1.165, 1.54) is 25.0 Å². The summed E-state index contributed by atoms with van der Waals surface area (Å²) in [4.78, 5) is 12.0. The molecule has 2 fully saturated rings. The fraction of sp³-hybridized carbons (Fsp3) is 0.611. The number of alkyl halides is 3. The number of amides is 1. The molecule has 3 nitrogen and oxygen atoms in total. The van der Waals surface area contributed by atoms with E-state index in [2.05, 4.69) is 5.32 Å². The largest absolute Gasteiger partial charge is 0.416 e. The summed E-state index contributed by atoms with van der Waals surface area (Å²) in [6, 6.07) is 5.12. The molecule has 1 N–H and O–H groups in total.